The molecule has 2 aromatic heterocycles. The first-order valence-corrected chi connectivity index (χ1v) is 20.0. The average Bonchev–Trinajstić information content (AvgIpc) is 3.65. The van der Waals surface area contributed by atoms with Gasteiger partial charge >= 0.3 is 21.1 Å². The summed E-state index contributed by atoms with van der Waals surface area (Å²) in [5.41, 5.74) is 19.8. The number of aromatic nitrogens is 3. The molecule has 0 aliphatic carbocycles. The number of fused-ring (bicyclic) bond motifs is 5. The van der Waals surface area contributed by atoms with Crippen molar-refractivity contribution in [3.05, 3.63) is 193 Å². The minimum absolute atomic E-state index is 0. The predicted octanol–water partition coefficient (Wildman–Crippen LogP) is 10.6. The zero-order valence-electron chi connectivity index (χ0n) is 32.9. The number of benzene rings is 7. The maximum atomic E-state index is 5.36. The summed E-state index contributed by atoms with van der Waals surface area (Å²) in [6.07, 6.45) is 2.76. The van der Waals surface area contributed by atoms with E-state index in [1.807, 2.05) is 18.3 Å². The summed E-state index contributed by atoms with van der Waals surface area (Å²) in [7, 11) is 0. The second kappa shape index (κ2) is 14.7. The van der Waals surface area contributed by atoms with Crippen molar-refractivity contribution in [2.24, 2.45) is 0 Å². The number of imidazole rings is 1. The number of aryl methyl sites for hydroxylation is 3. The van der Waals surface area contributed by atoms with Crippen LogP contribution in [0.25, 0.3) is 39.4 Å². The van der Waals surface area contributed by atoms with Crippen molar-refractivity contribution in [1.29, 1.82) is 0 Å². The van der Waals surface area contributed by atoms with Crippen LogP contribution in [0, 0.1) is 26.0 Å². The van der Waals surface area contributed by atoms with Gasteiger partial charge in [0, 0.05) is 34.6 Å². The molecule has 284 valence electrons. The third-order valence-electron chi connectivity index (χ3n) is 11.8. The SMILES string of the molecule is CCc1cc2c3c(c1)N(c1ccccc1)c1ccc(-c4nc5ccccc5n4-c4c(C)cccc4C)[c-]c1B3c1[c-]c(-c3ccccn3)ccc1N2c1ccccc1.[Pt+2]. The first kappa shape index (κ1) is 36.8. The Labute approximate surface area is 360 Å². The van der Waals surface area contributed by atoms with Crippen LogP contribution >= 0.6 is 0 Å². The second-order valence-corrected chi connectivity index (χ2v) is 15.2. The van der Waals surface area contributed by atoms with Gasteiger partial charge in [-0.3, -0.25) is 4.98 Å². The van der Waals surface area contributed by atoms with Crippen LogP contribution in [0.5, 0.6) is 0 Å². The van der Waals surface area contributed by atoms with E-state index in [1.54, 1.807) is 0 Å². The minimum Gasteiger partial charge on any atom is -0.352 e. The molecule has 59 heavy (non-hydrogen) atoms. The molecule has 5 nitrogen and oxygen atoms in total. The summed E-state index contributed by atoms with van der Waals surface area (Å²) in [6.45, 7) is 6.44. The van der Waals surface area contributed by atoms with Crippen LogP contribution in [0.3, 0.4) is 0 Å². The van der Waals surface area contributed by atoms with Crippen LogP contribution in [-0.2, 0) is 27.5 Å². The quantitative estimate of drug-likeness (QED) is 0.123. The largest absolute Gasteiger partial charge is 2.00 e. The maximum Gasteiger partial charge on any atom is 2.00 e. The Bertz CT molecular complexity index is 3000. The van der Waals surface area contributed by atoms with E-state index in [1.165, 1.54) is 33.5 Å². The summed E-state index contributed by atoms with van der Waals surface area (Å²) in [4.78, 5) is 15.0. The fraction of sp³-hybridized carbons (Fsp3) is 0.0769. The number of para-hydroxylation sites is 5. The Balaban J connectivity index is 0.00000420. The van der Waals surface area contributed by atoms with Gasteiger partial charge in [-0.2, -0.15) is 0 Å². The third kappa shape index (κ3) is 5.88. The van der Waals surface area contributed by atoms with Crippen molar-refractivity contribution >= 4 is 68.3 Å². The van der Waals surface area contributed by atoms with Gasteiger partial charge in [-0.05, 0) is 114 Å². The summed E-state index contributed by atoms with van der Waals surface area (Å²) >= 11 is 0. The van der Waals surface area contributed by atoms with E-state index in [-0.39, 0.29) is 27.8 Å². The fourth-order valence-corrected chi connectivity index (χ4v) is 9.18. The van der Waals surface area contributed by atoms with Gasteiger partial charge in [0.15, 0.2) is 0 Å². The number of anilines is 6. The van der Waals surface area contributed by atoms with Crippen LogP contribution in [0.1, 0.15) is 23.6 Å². The van der Waals surface area contributed by atoms with Crippen molar-refractivity contribution in [3.8, 4) is 28.3 Å². The monoisotopic (exact) mass is 938 g/mol. The second-order valence-electron chi connectivity index (χ2n) is 15.2. The molecule has 4 heterocycles. The van der Waals surface area contributed by atoms with E-state index in [4.69, 9.17) is 9.97 Å². The summed E-state index contributed by atoms with van der Waals surface area (Å²) in [5, 5.41) is 0. The Morgan fingerprint density at radius 2 is 1.15 bits per heavy atom. The van der Waals surface area contributed by atoms with E-state index >= 15 is 0 Å². The molecule has 2 aliphatic rings. The molecule has 0 saturated heterocycles. The molecule has 11 rings (SSSR count). The maximum absolute atomic E-state index is 5.36. The molecule has 0 spiro atoms. The van der Waals surface area contributed by atoms with Crippen LogP contribution in [0.15, 0.2) is 164 Å². The molecule has 0 amide bonds. The van der Waals surface area contributed by atoms with Crippen molar-refractivity contribution < 1.29 is 21.1 Å². The van der Waals surface area contributed by atoms with E-state index in [0.717, 1.165) is 79.5 Å². The normalized spacial score (nSPS) is 12.5. The van der Waals surface area contributed by atoms with E-state index in [0.29, 0.717) is 0 Å². The number of rotatable bonds is 6. The molecule has 0 unspecified atom stereocenters. The van der Waals surface area contributed by atoms with Crippen molar-refractivity contribution in [3.63, 3.8) is 0 Å². The van der Waals surface area contributed by atoms with Crippen LogP contribution < -0.4 is 26.2 Å². The van der Waals surface area contributed by atoms with E-state index < -0.39 is 0 Å². The Kier molecular flexibility index (Phi) is 9.18. The minimum atomic E-state index is -0.178. The molecule has 0 bridgehead atoms. The number of pyridine rings is 1. The van der Waals surface area contributed by atoms with Gasteiger partial charge in [0.25, 0.3) is 0 Å². The van der Waals surface area contributed by atoms with Gasteiger partial charge in [-0.15, -0.1) is 58.5 Å². The van der Waals surface area contributed by atoms with Crippen LogP contribution in [0.4, 0.5) is 34.1 Å². The fourth-order valence-electron chi connectivity index (χ4n) is 9.18. The molecular formula is C52H38BN5Pt. The Morgan fingerprint density at radius 1 is 0.576 bits per heavy atom. The molecule has 0 N–H and O–H groups in total. The molecule has 9 aromatic rings. The Hall–Kier alpha value is -6.49. The molecule has 0 radical (unpaired) electrons. The zero-order chi connectivity index (χ0) is 38.9. The molecule has 7 heteroatoms. The summed E-state index contributed by atoms with van der Waals surface area (Å²) in [5.74, 6) is 0.869. The zero-order valence-corrected chi connectivity index (χ0v) is 35.2. The van der Waals surface area contributed by atoms with Gasteiger partial charge in [-0.25, -0.2) is 0 Å². The standard InChI is InChI=1S/C52H38BN5.Pt/c1-4-36-30-48-50-49(31-36)57(40-20-9-6-10-21-40)46-28-26-38(52-55-44-23-11-12-24-47(44)58(52)51-34(2)16-15-17-35(51)3)33-42(46)53(50)41-32-37(43-22-13-14-29-54-43)25-27-45(41)56(48)39-18-7-5-8-19-39;/h5-31H,4H2,1-3H3;/q-2;+2. The third-order valence-corrected chi connectivity index (χ3v) is 11.8. The van der Waals surface area contributed by atoms with Crippen molar-refractivity contribution in [2.75, 3.05) is 9.80 Å². The van der Waals surface area contributed by atoms with Gasteiger partial charge in [0.1, 0.15) is 0 Å². The van der Waals surface area contributed by atoms with Crippen molar-refractivity contribution in [2.45, 2.75) is 27.2 Å². The molecule has 0 fully saturated rings. The summed E-state index contributed by atoms with van der Waals surface area (Å²) < 4.78 is 2.33. The molecular weight excluding hydrogens is 900 g/mol. The van der Waals surface area contributed by atoms with E-state index in [2.05, 4.69) is 193 Å². The summed E-state index contributed by atoms with van der Waals surface area (Å²) in [6, 6.07) is 64.3. The van der Waals surface area contributed by atoms with E-state index in [9.17, 15) is 0 Å². The van der Waals surface area contributed by atoms with Crippen LogP contribution in [-0.4, -0.2) is 21.2 Å². The van der Waals surface area contributed by atoms with Gasteiger partial charge in [0.2, 0.25) is 6.71 Å². The topological polar surface area (TPSA) is 37.2 Å². The van der Waals surface area contributed by atoms with Gasteiger partial charge in [0.05, 0.1) is 16.9 Å². The number of hydrogen-bond acceptors (Lipinski definition) is 4. The predicted molar refractivity (Wildman–Crippen MR) is 240 cm³/mol. The number of nitrogens with zero attached hydrogens (tertiary/aromatic N) is 5. The van der Waals surface area contributed by atoms with Crippen molar-refractivity contribution in [1.82, 2.24) is 14.5 Å². The Morgan fingerprint density at radius 3 is 1.76 bits per heavy atom. The molecule has 0 saturated carbocycles. The average molecular weight is 939 g/mol. The van der Waals surface area contributed by atoms with Gasteiger partial charge < -0.3 is 19.4 Å². The molecule has 7 aromatic carbocycles. The first-order valence-electron chi connectivity index (χ1n) is 20.0. The number of hydrogen-bond donors (Lipinski definition) is 0. The smallest absolute Gasteiger partial charge is 0.352 e. The first-order chi connectivity index (χ1) is 28.6. The van der Waals surface area contributed by atoms with Gasteiger partial charge in [-0.1, -0.05) is 85.8 Å². The van der Waals surface area contributed by atoms with Crippen LogP contribution in [0.2, 0.25) is 0 Å². The molecule has 2 aliphatic heterocycles. The molecule has 0 atom stereocenters.